The molecule has 2 heterocycles. The zero-order valence-electron chi connectivity index (χ0n) is 16.4. The van der Waals surface area contributed by atoms with Crippen LogP contribution in [-0.2, 0) is 24.6 Å². The molecule has 0 aliphatic rings. The first-order valence-electron chi connectivity index (χ1n) is 9.35. The molecule has 0 fully saturated rings. The summed E-state index contributed by atoms with van der Waals surface area (Å²) in [6.45, 7) is 1.06. The largest absolute Gasteiger partial charge is 0.395 e. The zero-order valence-corrected chi connectivity index (χ0v) is 17.2. The number of fused-ring (bicyclic) bond motifs is 1. The van der Waals surface area contributed by atoms with Gasteiger partial charge in [-0.25, -0.2) is 9.97 Å². The van der Waals surface area contributed by atoms with E-state index in [1.165, 1.54) is 18.1 Å². The van der Waals surface area contributed by atoms with Gasteiger partial charge in [-0.1, -0.05) is 30.3 Å². The summed E-state index contributed by atoms with van der Waals surface area (Å²) in [6.07, 6.45) is 4.63. The minimum Gasteiger partial charge on any atom is -0.395 e. The van der Waals surface area contributed by atoms with Crippen LogP contribution < -0.4 is 11.1 Å². The van der Waals surface area contributed by atoms with Gasteiger partial charge in [0.2, 0.25) is 0 Å². The number of hydrogen-bond acceptors (Lipinski definition) is 8. The minimum atomic E-state index is -0.641. The van der Waals surface area contributed by atoms with Crippen molar-refractivity contribution >= 4 is 28.6 Å². The van der Waals surface area contributed by atoms with Crippen LogP contribution in [0.2, 0.25) is 0 Å². The van der Waals surface area contributed by atoms with Crippen LogP contribution >= 0.6 is 11.8 Å². The molecule has 0 radical (unpaired) electrons. The smallest absolute Gasteiger partial charge is 0.151 e. The van der Waals surface area contributed by atoms with E-state index in [1.54, 1.807) is 0 Å². The van der Waals surface area contributed by atoms with E-state index in [0.29, 0.717) is 37.0 Å². The lowest BCUT2D eigenvalue weighted by molar-refractivity contribution is 0.0667. The van der Waals surface area contributed by atoms with Crippen molar-refractivity contribution in [1.82, 2.24) is 19.9 Å². The van der Waals surface area contributed by atoms with Crippen LogP contribution in [0.15, 0.2) is 42.9 Å². The molecule has 0 aliphatic heterocycles. The number of benzene rings is 1. The third kappa shape index (κ3) is 5.46. The van der Waals surface area contributed by atoms with Gasteiger partial charge in [0, 0.05) is 24.1 Å². The van der Waals surface area contributed by atoms with Gasteiger partial charge in [0.15, 0.2) is 5.82 Å². The summed E-state index contributed by atoms with van der Waals surface area (Å²) < 4.78 is 7.73. The van der Waals surface area contributed by atoms with Gasteiger partial charge < -0.3 is 30.6 Å². The summed E-state index contributed by atoms with van der Waals surface area (Å²) in [5, 5.41) is 23.0. The van der Waals surface area contributed by atoms with Crippen molar-refractivity contribution in [3.63, 3.8) is 0 Å². The maximum Gasteiger partial charge on any atom is 0.151 e. The Morgan fingerprint density at radius 3 is 2.79 bits per heavy atom. The van der Waals surface area contributed by atoms with E-state index in [-0.39, 0.29) is 6.61 Å². The van der Waals surface area contributed by atoms with Crippen LogP contribution in [0.25, 0.3) is 11.0 Å². The Bertz CT molecular complexity index is 906. The first-order chi connectivity index (χ1) is 14.1. The van der Waals surface area contributed by atoms with Gasteiger partial charge in [0.05, 0.1) is 30.9 Å². The molecule has 29 heavy (non-hydrogen) atoms. The number of rotatable bonds is 11. The second-order valence-corrected chi connectivity index (χ2v) is 7.65. The fourth-order valence-electron chi connectivity index (χ4n) is 3.14. The molecule has 5 N–H and O–H groups in total. The third-order valence-electron chi connectivity index (χ3n) is 4.65. The molecule has 156 valence electrons. The van der Waals surface area contributed by atoms with Gasteiger partial charge in [0.25, 0.3) is 0 Å². The quantitative estimate of drug-likeness (QED) is 0.369. The lowest BCUT2D eigenvalue weighted by atomic mass is 10.2. The van der Waals surface area contributed by atoms with Crippen molar-refractivity contribution in [3.05, 3.63) is 54.0 Å². The molecule has 8 nitrogen and oxygen atoms in total. The van der Waals surface area contributed by atoms with Crippen molar-refractivity contribution in [2.75, 3.05) is 24.3 Å². The number of aromatic nitrogens is 3. The molecule has 0 saturated carbocycles. The van der Waals surface area contributed by atoms with Crippen LogP contribution in [0, 0.1) is 0 Å². The Balaban J connectivity index is 1.73. The Kier molecular flexibility index (Phi) is 7.84. The molecule has 2 atom stereocenters. The van der Waals surface area contributed by atoms with Gasteiger partial charge >= 0.3 is 0 Å². The van der Waals surface area contributed by atoms with E-state index >= 15 is 0 Å². The summed E-state index contributed by atoms with van der Waals surface area (Å²) in [5.41, 5.74) is 9.51. The molecular formula is C20H27N5O3S. The summed E-state index contributed by atoms with van der Waals surface area (Å²) in [5.74, 6) is 0.924. The monoisotopic (exact) mass is 417 g/mol. The Morgan fingerprint density at radius 2 is 2.07 bits per heavy atom. The predicted molar refractivity (Wildman–Crippen MR) is 115 cm³/mol. The molecular weight excluding hydrogens is 390 g/mol. The first-order valence-corrected chi connectivity index (χ1v) is 10.7. The van der Waals surface area contributed by atoms with Crippen molar-refractivity contribution in [2.45, 2.75) is 32.0 Å². The highest BCUT2D eigenvalue weighted by atomic mass is 32.2. The van der Waals surface area contributed by atoms with Crippen molar-refractivity contribution < 1.29 is 14.9 Å². The maximum absolute atomic E-state index is 10.2. The number of aliphatic hydroxyl groups is 2. The number of ether oxygens (including phenoxy) is 1. The fourth-order valence-corrected chi connectivity index (χ4v) is 3.72. The number of thioether (sulfide) groups is 1. The number of nitrogens with one attached hydrogen (secondary N) is 1. The number of hydrogen-bond donors (Lipinski definition) is 4. The fraction of sp³-hybridized carbons (Fsp3) is 0.400. The van der Waals surface area contributed by atoms with Gasteiger partial charge in [-0.3, -0.25) is 0 Å². The Morgan fingerprint density at radius 1 is 1.28 bits per heavy atom. The Hall–Kier alpha value is -2.17. The number of nitrogen functional groups attached to an aromatic ring is 1. The second kappa shape index (κ2) is 10.6. The van der Waals surface area contributed by atoms with Crippen LogP contribution in [0.1, 0.15) is 11.1 Å². The molecule has 1 aromatic carbocycles. The minimum absolute atomic E-state index is 0.155. The maximum atomic E-state index is 10.2. The molecule has 0 amide bonds. The van der Waals surface area contributed by atoms with Crippen molar-refractivity contribution in [1.29, 1.82) is 0 Å². The second-order valence-electron chi connectivity index (χ2n) is 6.74. The lowest BCUT2D eigenvalue weighted by Crippen LogP contribution is -2.43. The molecule has 0 bridgehead atoms. The summed E-state index contributed by atoms with van der Waals surface area (Å²) >= 11 is 1.53. The van der Waals surface area contributed by atoms with Crippen LogP contribution in [-0.4, -0.2) is 55.5 Å². The highest BCUT2D eigenvalue weighted by molar-refractivity contribution is 7.98. The highest BCUT2D eigenvalue weighted by Crippen LogP contribution is 2.23. The zero-order chi connectivity index (χ0) is 20.6. The molecule has 9 heteroatoms. The number of aliphatic hydroxyl groups excluding tert-OH is 2. The van der Waals surface area contributed by atoms with E-state index in [2.05, 4.69) is 15.3 Å². The SMILES string of the molecule is CSC[C@H](O)[C@@H](CO)NCc1cn(COCc2ccccc2)c2c(N)ncnc12. The van der Waals surface area contributed by atoms with Gasteiger partial charge in [-0.2, -0.15) is 11.8 Å². The molecule has 2 aromatic heterocycles. The molecule has 0 unspecified atom stereocenters. The van der Waals surface area contributed by atoms with Crippen LogP contribution in [0.4, 0.5) is 5.82 Å². The van der Waals surface area contributed by atoms with E-state index in [4.69, 9.17) is 10.5 Å². The molecule has 0 spiro atoms. The van der Waals surface area contributed by atoms with Crippen LogP contribution in [0.5, 0.6) is 0 Å². The van der Waals surface area contributed by atoms with Crippen molar-refractivity contribution in [3.8, 4) is 0 Å². The predicted octanol–water partition coefficient (Wildman–Crippen LogP) is 1.36. The van der Waals surface area contributed by atoms with Gasteiger partial charge in [-0.15, -0.1) is 0 Å². The average molecular weight is 418 g/mol. The molecule has 0 aliphatic carbocycles. The average Bonchev–Trinajstić information content (AvgIpc) is 3.08. The standard InChI is InChI=1S/C20H27N5O3S/c1-29-11-17(27)16(9-26)22-7-15-8-25(19-18(15)23-12-24-20(19)21)13-28-10-14-5-3-2-4-6-14/h2-6,8,12,16-17,22,26-27H,7,9-11,13H2,1H3,(H2,21,23,24)/t16-,17+/m1/s1. The summed E-state index contributed by atoms with van der Waals surface area (Å²) in [4.78, 5) is 8.48. The van der Waals surface area contributed by atoms with E-state index in [0.717, 1.165) is 16.6 Å². The van der Waals surface area contributed by atoms with Gasteiger partial charge in [0.1, 0.15) is 18.6 Å². The summed E-state index contributed by atoms with van der Waals surface area (Å²) in [6, 6.07) is 9.51. The molecule has 3 rings (SSSR count). The third-order valence-corrected chi connectivity index (χ3v) is 5.32. The van der Waals surface area contributed by atoms with E-state index < -0.39 is 12.1 Å². The highest BCUT2D eigenvalue weighted by Gasteiger charge is 2.19. The van der Waals surface area contributed by atoms with Crippen molar-refractivity contribution in [2.24, 2.45) is 0 Å². The van der Waals surface area contributed by atoms with Gasteiger partial charge in [-0.05, 0) is 11.8 Å². The lowest BCUT2D eigenvalue weighted by Gasteiger charge is -2.21. The Labute approximate surface area is 174 Å². The summed E-state index contributed by atoms with van der Waals surface area (Å²) in [7, 11) is 0. The first kappa shape index (κ1) is 21.5. The number of nitrogens with zero attached hydrogens (tertiary/aromatic N) is 3. The number of anilines is 1. The normalized spacial score (nSPS) is 13.6. The number of nitrogens with two attached hydrogens (primary N) is 1. The van der Waals surface area contributed by atoms with E-state index in [1.807, 2.05) is 47.4 Å². The topological polar surface area (TPSA) is 118 Å². The molecule has 3 aromatic rings. The van der Waals surface area contributed by atoms with E-state index in [9.17, 15) is 10.2 Å². The van der Waals surface area contributed by atoms with Crippen LogP contribution in [0.3, 0.4) is 0 Å². The molecule has 0 saturated heterocycles.